The standard InChI is InChI=1S/C19H15N3O3/c23-16-10-17(18-21-20-12-25-18)22(11-16)19(24)15-8-6-14(7-9-15)13-4-2-1-3-5-13/h1-9,12,17H,10-11H2. The zero-order valence-electron chi connectivity index (χ0n) is 13.3. The maximum atomic E-state index is 12.8. The molecule has 25 heavy (non-hydrogen) atoms. The molecule has 1 saturated heterocycles. The first-order valence-corrected chi connectivity index (χ1v) is 7.96. The second-order valence-electron chi connectivity index (χ2n) is 5.91. The first-order valence-electron chi connectivity index (χ1n) is 7.96. The van der Waals surface area contributed by atoms with Crippen molar-refractivity contribution in [1.82, 2.24) is 15.1 Å². The molecule has 1 atom stereocenters. The molecule has 1 unspecified atom stereocenters. The Balaban J connectivity index is 1.59. The number of ketones is 1. The van der Waals surface area contributed by atoms with Crippen LogP contribution in [0.2, 0.25) is 0 Å². The minimum Gasteiger partial charge on any atom is -0.426 e. The summed E-state index contributed by atoms with van der Waals surface area (Å²) in [4.78, 5) is 26.2. The molecule has 1 fully saturated rings. The van der Waals surface area contributed by atoms with Gasteiger partial charge in [-0.25, -0.2) is 0 Å². The largest absolute Gasteiger partial charge is 0.426 e. The average Bonchev–Trinajstić information content (AvgIpc) is 3.31. The van der Waals surface area contributed by atoms with E-state index >= 15 is 0 Å². The van der Waals surface area contributed by atoms with Gasteiger partial charge in [-0.15, -0.1) is 10.2 Å². The van der Waals surface area contributed by atoms with Gasteiger partial charge in [-0.2, -0.15) is 0 Å². The lowest BCUT2D eigenvalue weighted by Gasteiger charge is -2.21. The van der Waals surface area contributed by atoms with Crippen molar-refractivity contribution in [2.45, 2.75) is 12.5 Å². The van der Waals surface area contributed by atoms with Crippen LogP contribution in [0.15, 0.2) is 65.4 Å². The van der Waals surface area contributed by atoms with Crippen molar-refractivity contribution in [3.63, 3.8) is 0 Å². The fourth-order valence-electron chi connectivity index (χ4n) is 3.05. The molecule has 0 spiro atoms. The Labute approximate surface area is 144 Å². The Hall–Kier alpha value is -3.28. The first kappa shape index (κ1) is 15.3. The molecular weight excluding hydrogens is 318 g/mol. The molecule has 6 heteroatoms. The number of hydrogen-bond donors (Lipinski definition) is 0. The molecule has 0 N–H and O–H groups in total. The zero-order valence-corrected chi connectivity index (χ0v) is 13.3. The molecule has 1 aliphatic heterocycles. The lowest BCUT2D eigenvalue weighted by Crippen LogP contribution is -2.31. The van der Waals surface area contributed by atoms with Crippen molar-refractivity contribution in [3.8, 4) is 11.1 Å². The summed E-state index contributed by atoms with van der Waals surface area (Å²) in [6.45, 7) is 0.0618. The second kappa shape index (κ2) is 6.32. The molecular formula is C19H15N3O3. The number of amides is 1. The second-order valence-corrected chi connectivity index (χ2v) is 5.91. The highest BCUT2D eigenvalue weighted by Gasteiger charge is 2.38. The Kier molecular flexibility index (Phi) is 3.85. The van der Waals surface area contributed by atoms with Gasteiger partial charge < -0.3 is 9.32 Å². The summed E-state index contributed by atoms with van der Waals surface area (Å²) in [6, 6.07) is 16.8. The molecule has 2 aromatic carbocycles. The first-order chi connectivity index (χ1) is 12.2. The van der Waals surface area contributed by atoms with Crippen LogP contribution in [0.5, 0.6) is 0 Å². The van der Waals surface area contributed by atoms with Gasteiger partial charge in [0, 0.05) is 12.0 Å². The number of carbonyl (C=O) groups is 2. The molecule has 4 rings (SSSR count). The van der Waals surface area contributed by atoms with E-state index in [0.717, 1.165) is 11.1 Å². The van der Waals surface area contributed by atoms with E-state index in [2.05, 4.69) is 10.2 Å². The van der Waals surface area contributed by atoms with Gasteiger partial charge in [0.2, 0.25) is 12.3 Å². The highest BCUT2D eigenvalue weighted by molar-refractivity contribution is 5.99. The maximum absolute atomic E-state index is 12.8. The maximum Gasteiger partial charge on any atom is 0.254 e. The summed E-state index contributed by atoms with van der Waals surface area (Å²) in [7, 11) is 0. The van der Waals surface area contributed by atoms with Crippen LogP contribution >= 0.6 is 0 Å². The van der Waals surface area contributed by atoms with E-state index in [9.17, 15) is 9.59 Å². The molecule has 124 valence electrons. The summed E-state index contributed by atoms with van der Waals surface area (Å²) in [6.07, 6.45) is 1.41. The predicted molar refractivity (Wildman–Crippen MR) is 89.6 cm³/mol. The van der Waals surface area contributed by atoms with E-state index < -0.39 is 6.04 Å². The summed E-state index contributed by atoms with van der Waals surface area (Å²) in [5.74, 6) is 0.0613. The van der Waals surface area contributed by atoms with Crippen molar-refractivity contribution in [3.05, 3.63) is 72.4 Å². The number of rotatable bonds is 3. The van der Waals surface area contributed by atoms with Gasteiger partial charge in [-0.1, -0.05) is 42.5 Å². The van der Waals surface area contributed by atoms with E-state index in [0.29, 0.717) is 11.5 Å². The van der Waals surface area contributed by atoms with Gasteiger partial charge in [0.05, 0.1) is 6.54 Å². The number of aromatic nitrogens is 2. The predicted octanol–water partition coefficient (Wildman–Crippen LogP) is 2.89. The van der Waals surface area contributed by atoms with E-state index in [1.165, 1.54) is 11.3 Å². The van der Waals surface area contributed by atoms with E-state index in [1.54, 1.807) is 12.1 Å². The number of Topliss-reactive ketones (excluding diaryl/α,β-unsaturated/α-hetero) is 1. The smallest absolute Gasteiger partial charge is 0.254 e. The fourth-order valence-corrected chi connectivity index (χ4v) is 3.05. The van der Waals surface area contributed by atoms with Crippen molar-refractivity contribution < 1.29 is 14.0 Å². The molecule has 6 nitrogen and oxygen atoms in total. The number of nitrogens with zero attached hydrogens (tertiary/aromatic N) is 3. The van der Waals surface area contributed by atoms with Crippen LogP contribution in [0.4, 0.5) is 0 Å². The summed E-state index contributed by atoms with van der Waals surface area (Å²) in [5, 5.41) is 7.49. The van der Waals surface area contributed by atoms with Gasteiger partial charge in [-0.3, -0.25) is 9.59 Å². The molecule has 0 radical (unpaired) electrons. The highest BCUT2D eigenvalue weighted by Crippen LogP contribution is 2.30. The zero-order chi connectivity index (χ0) is 17.2. The third-order valence-electron chi connectivity index (χ3n) is 4.31. The highest BCUT2D eigenvalue weighted by atomic mass is 16.4. The van der Waals surface area contributed by atoms with Gasteiger partial charge in [0.25, 0.3) is 5.91 Å². The van der Waals surface area contributed by atoms with Crippen LogP contribution in [0, 0.1) is 0 Å². The molecule has 0 saturated carbocycles. The van der Waals surface area contributed by atoms with E-state index in [-0.39, 0.29) is 24.7 Å². The average molecular weight is 333 g/mol. The molecule has 0 bridgehead atoms. The van der Waals surface area contributed by atoms with Crippen LogP contribution in [0.3, 0.4) is 0 Å². The lowest BCUT2D eigenvalue weighted by molar-refractivity contribution is -0.116. The van der Waals surface area contributed by atoms with Crippen LogP contribution in [-0.2, 0) is 4.79 Å². The third kappa shape index (κ3) is 2.94. The molecule has 2 heterocycles. The molecule has 0 aliphatic carbocycles. The molecule has 1 aromatic heterocycles. The van der Waals surface area contributed by atoms with Gasteiger partial charge in [0.15, 0.2) is 5.78 Å². The van der Waals surface area contributed by atoms with Gasteiger partial charge in [-0.05, 0) is 23.3 Å². The Morgan fingerprint density at radius 1 is 1.04 bits per heavy atom. The van der Waals surface area contributed by atoms with Crippen LogP contribution in [0.1, 0.15) is 28.7 Å². The summed E-state index contributed by atoms with van der Waals surface area (Å²) in [5.41, 5.74) is 2.64. The SMILES string of the molecule is O=C1CC(c2nnco2)N(C(=O)c2ccc(-c3ccccc3)cc2)C1. The van der Waals surface area contributed by atoms with Crippen LogP contribution in [-0.4, -0.2) is 33.3 Å². The third-order valence-corrected chi connectivity index (χ3v) is 4.31. The summed E-state index contributed by atoms with van der Waals surface area (Å²) >= 11 is 0. The minimum atomic E-state index is -0.490. The number of benzene rings is 2. The number of hydrogen-bond acceptors (Lipinski definition) is 5. The van der Waals surface area contributed by atoms with E-state index in [4.69, 9.17) is 4.42 Å². The minimum absolute atomic E-state index is 0.0162. The van der Waals surface area contributed by atoms with Crippen molar-refractivity contribution in [2.24, 2.45) is 0 Å². The van der Waals surface area contributed by atoms with Gasteiger partial charge >= 0.3 is 0 Å². The Morgan fingerprint density at radius 3 is 2.44 bits per heavy atom. The monoisotopic (exact) mass is 333 g/mol. The van der Waals surface area contributed by atoms with Crippen molar-refractivity contribution in [2.75, 3.05) is 6.54 Å². The Morgan fingerprint density at radius 2 is 1.76 bits per heavy atom. The lowest BCUT2D eigenvalue weighted by atomic mass is 10.0. The number of carbonyl (C=O) groups excluding carboxylic acids is 2. The van der Waals surface area contributed by atoms with Crippen molar-refractivity contribution >= 4 is 11.7 Å². The van der Waals surface area contributed by atoms with Gasteiger partial charge in [0.1, 0.15) is 6.04 Å². The normalized spacial score (nSPS) is 17.0. The summed E-state index contributed by atoms with van der Waals surface area (Å²) < 4.78 is 5.19. The van der Waals surface area contributed by atoms with Crippen molar-refractivity contribution in [1.29, 1.82) is 0 Å². The quantitative estimate of drug-likeness (QED) is 0.736. The van der Waals surface area contributed by atoms with Crippen LogP contribution < -0.4 is 0 Å². The number of likely N-dealkylation sites (tertiary alicyclic amines) is 1. The fraction of sp³-hybridized carbons (Fsp3) is 0.158. The Bertz CT molecular complexity index is 889. The molecule has 3 aromatic rings. The molecule has 1 amide bonds. The topological polar surface area (TPSA) is 76.3 Å². The van der Waals surface area contributed by atoms with E-state index in [1.807, 2.05) is 42.5 Å². The van der Waals surface area contributed by atoms with Crippen LogP contribution in [0.25, 0.3) is 11.1 Å². The molecule has 1 aliphatic rings.